The molecule has 2 fully saturated rings. The fraction of sp³-hybridized carbons (Fsp3) is 0.636. The van der Waals surface area contributed by atoms with Crippen LogP contribution in [0.2, 0.25) is 0 Å². The molecule has 32 heavy (non-hydrogen) atoms. The Hall–Kier alpha value is -2.46. The summed E-state index contributed by atoms with van der Waals surface area (Å²) in [5.41, 5.74) is 1.48. The fourth-order valence-electron chi connectivity index (χ4n) is 3.40. The second-order valence-electron chi connectivity index (χ2n) is 9.44. The van der Waals surface area contributed by atoms with E-state index in [9.17, 15) is 14.4 Å². The summed E-state index contributed by atoms with van der Waals surface area (Å²) in [6.07, 6.45) is 5.02. The maximum Gasteiger partial charge on any atom is 0.428 e. The molecule has 0 radical (unpaired) electrons. The normalized spacial score (nSPS) is 17.3. The van der Waals surface area contributed by atoms with Gasteiger partial charge in [0, 0.05) is 20.3 Å². The number of fused-ring (bicyclic) bond motifs is 1. The number of amides is 1. The third-order valence-electron chi connectivity index (χ3n) is 5.44. The average Bonchev–Trinajstić information content (AvgIpc) is 3.10. The smallest absolute Gasteiger partial charge is 0.428 e. The van der Waals surface area contributed by atoms with Crippen molar-refractivity contribution in [1.82, 2.24) is 14.6 Å². The van der Waals surface area contributed by atoms with Gasteiger partial charge in [-0.05, 0) is 65.9 Å². The summed E-state index contributed by atoms with van der Waals surface area (Å²) in [6.45, 7) is 11.0. The Labute approximate surface area is 191 Å². The number of thiophene rings is 1. The van der Waals surface area contributed by atoms with Crippen molar-refractivity contribution >= 4 is 33.9 Å². The Balaban J connectivity index is 0.000000509. The van der Waals surface area contributed by atoms with Crippen molar-refractivity contribution in [3.05, 3.63) is 31.3 Å². The summed E-state index contributed by atoms with van der Waals surface area (Å²) in [5.74, 6) is 0. The Morgan fingerprint density at radius 3 is 2.38 bits per heavy atom. The van der Waals surface area contributed by atoms with Crippen LogP contribution in [0, 0.1) is 6.92 Å². The first-order valence-electron chi connectivity index (χ1n) is 10.8. The van der Waals surface area contributed by atoms with Crippen molar-refractivity contribution in [3.63, 3.8) is 0 Å². The number of nitrogens with zero attached hydrogens (tertiary/aromatic N) is 3. The van der Waals surface area contributed by atoms with Gasteiger partial charge in [0.05, 0.1) is 22.0 Å². The van der Waals surface area contributed by atoms with Gasteiger partial charge in [0.2, 0.25) is 0 Å². The molecular formula is C22H32N4O5S. The van der Waals surface area contributed by atoms with Crippen LogP contribution in [0.3, 0.4) is 0 Å². The molecule has 2 aliphatic rings. The third-order valence-corrected chi connectivity index (χ3v) is 6.75. The van der Waals surface area contributed by atoms with E-state index in [1.807, 2.05) is 13.8 Å². The quantitative estimate of drug-likeness (QED) is 0.555. The second-order valence-corrected chi connectivity index (χ2v) is 10.5. The number of nitrogens with one attached hydrogen (secondary N) is 1. The third kappa shape index (κ3) is 5.29. The van der Waals surface area contributed by atoms with Crippen molar-refractivity contribution < 1.29 is 14.3 Å². The number of hydrogen-bond acceptors (Lipinski definition) is 7. The van der Waals surface area contributed by atoms with Gasteiger partial charge in [0.1, 0.15) is 10.4 Å². The Bertz CT molecular complexity index is 1140. The number of ether oxygens (including phenoxy) is 2. The minimum atomic E-state index is -0.658. The topological polar surface area (TPSA) is 104 Å². The predicted molar refractivity (Wildman–Crippen MR) is 126 cm³/mol. The lowest BCUT2D eigenvalue weighted by Gasteiger charge is -2.18. The number of hydrazone groups is 1. The van der Waals surface area contributed by atoms with E-state index in [0.717, 1.165) is 31.6 Å². The zero-order chi connectivity index (χ0) is 23.7. The number of aromatic nitrogens is 2. The molecule has 9 nitrogen and oxygen atoms in total. The highest BCUT2D eigenvalue weighted by Gasteiger charge is 2.42. The monoisotopic (exact) mass is 464 g/mol. The molecule has 3 heterocycles. The average molecular weight is 465 g/mol. The summed E-state index contributed by atoms with van der Waals surface area (Å²) in [5, 5.41) is 4.43. The van der Waals surface area contributed by atoms with Crippen molar-refractivity contribution in [2.75, 3.05) is 13.2 Å². The highest BCUT2D eigenvalue weighted by molar-refractivity contribution is 7.20. The van der Waals surface area contributed by atoms with Crippen LogP contribution in [0.5, 0.6) is 0 Å². The van der Waals surface area contributed by atoms with E-state index in [1.165, 1.54) is 39.5 Å². The van der Waals surface area contributed by atoms with E-state index in [-0.39, 0.29) is 16.8 Å². The van der Waals surface area contributed by atoms with Crippen molar-refractivity contribution in [2.45, 2.75) is 71.4 Å². The molecule has 2 aromatic heterocycles. The van der Waals surface area contributed by atoms with Crippen LogP contribution < -0.4 is 16.7 Å². The minimum absolute atomic E-state index is 0.262. The molecule has 1 aliphatic carbocycles. The number of carbonyl (C=O) groups is 1. The van der Waals surface area contributed by atoms with Gasteiger partial charge in [-0.2, -0.15) is 5.10 Å². The zero-order valence-corrected chi connectivity index (χ0v) is 20.4. The molecule has 1 saturated heterocycles. The first kappa shape index (κ1) is 24.2. The summed E-state index contributed by atoms with van der Waals surface area (Å²) in [4.78, 5) is 38.6. The largest absolute Gasteiger partial charge is 0.443 e. The van der Waals surface area contributed by atoms with Gasteiger partial charge in [0.15, 0.2) is 0 Å². The van der Waals surface area contributed by atoms with Crippen LogP contribution in [0.25, 0.3) is 10.2 Å². The van der Waals surface area contributed by atoms with Gasteiger partial charge in [-0.1, -0.05) is 0 Å². The van der Waals surface area contributed by atoms with E-state index in [2.05, 4.69) is 10.5 Å². The standard InChI is InChI=1S/C18H24N4O4S.C4H8O/c1-10-11(9-19-20-15(24)26-17(2,3)4)27-14-12(10)13(23)22(16(25)21(14)6)18(5)7-8-18;1-2-4-5-3-1/h9H,7-8H2,1-6H3,(H,20,24);1-4H2/b19-9+;. The van der Waals surface area contributed by atoms with E-state index in [0.29, 0.717) is 15.1 Å². The Morgan fingerprint density at radius 1 is 1.25 bits per heavy atom. The number of hydrogen-bond donors (Lipinski definition) is 1. The van der Waals surface area contributed by atoms with E-state index >= 15 is 0 Å². The second kappa shape index (κ2) is 9.19. The highest BCUT2D eigenvalue weighted by Crippen LogP contribution is 2.41. The molecule has 0 spiro atoms. The van der Waals surface area contributed by atoms with Crippen LogP contribution in [0.1, 0.15) is 63.8 Å². The first-order valence-corrected chi connectivity index (χ1v) is 11.6. The van der Waals surface area contributed by atoms with Gasteiger partial charge in [0.25, 0.3) is 5.56 Å². The molecule has 10 heteroatoms. The summed E-state index contributed by atoms with van der Waals surface area (Å²) < 4.78 is 12.9. The molecule has 0 aromatic carbocycles. The lowest BCUT2D eigenvalue weighted by molar-refractivity contribution is 0.0529. The maximum absolute atomic E-state index is 13.0. The molecule has 1 N–H and O–H groups in total. The molecule has 4 rings (SSSR count). The lowest BCUT2D eigenvalue weighted by atomic mass is 10.2. The van der Waals surface area contributed by atoms with Crippen LogP contribution in [-0.2, 0) is 22.1 Å². The molecule has 0 bridgehead atoms. The van der Waals surface area contributed by atoms with Crippen LogP contribution in [0.4, 0.5) is 4.79 Å². The zero-order valence-electron chi connectivity index (χ0n) is 19.6. The van der Waals surface area contributed by atoms with Crippen LogP contribution in [-0.4, -0.2) is 40.3 Å². The molecule has 2 aromatic rings. The number of rotatable bonds is 3. The van der Waals surface area contributed by atoms with Gasteiger partial charge >= 0.3 is 11.8 Å². The van der Waals surface area contributed by atoms with Crippen LogP contribution >= 0.6 is 11.3 Å². The molecule has 176 valence electrons. The van der Waals surface area contributed by atoms with E-state index < -0.39 is 11.7 Å². The van der Waals surface area contributed by atoms with Crippen molar-refractivity contribution in [1.29, 1.82) is 0 Å². The molecule has 1 amide bonds. The summed E-state index contributed by atoms with van der Waals surface area (Å²) >= 11 is 1.29. The van der Waals surface area contributed by atoms with Gasteiger partial charge in [-0.15, -0.1) is 11.3 Å². The SMILES string of the molecule is C1CCOC1.Cc1c(/C=N/NC(=O)OC(C)(C)C)sc2c1c(=O)n(C1(C)CC1)c(=O)n2C. The lowest BCUT2D eigenvalue weighted by Crippen LogP contribution is -2.43. The Kier molecular flexibility index (Phi) is 6.94. The van der Waals surface area contributed by atoms with Gasteiger partial charge < -0.3 is 9.47 Å². The van der Waals surface area contributed by atoms with Crippen LogP contribution in [0.15, 0.2) is 14.7 Å². The Morgan fingerprint density at radius 2 is 1.88 bits per heavy atom. The highest BCUT2D eigenvalue weighted by atomic mass is 32.1. The van der Waals surface area contributed by atoms with Gasteiger partial charge in [-0.3, -0.25) is 13.9 Å². The molecule has 1 aliphatic heterocycles. The van der Waals surface area contributed by atoms with Crippen molar-refractivity contribution in [2.24, 2.45) is 12.1 Å². The maximum atomic E-state index is 13.0. The molecule has 0 atom stereocenters. The van der Waals surface area contributed by atoms with E-state index in [4.69, 9.17) is 9.47 Å². The minimum Gasteiger partial charge on any atom is -0.443 e. The first-order chi connectivity index (χ1) is 14.9. The van der Waals surface area contributed by atoms with Crippen molar-refractivity contribution in [3.8, 4) is 0 Å². The van der Waals surface area contributed by atoms with Gasteiger partial charge in [-0.25, -0.2) is 15.0 Å². The number of aryl methyl sites for hydroxylation is 2. The summed E-state index contributed by atoms with van der Waals surface area (Å²) in [7, 11) is 1.67. The summed E-state index contributed by atoms with van der Waals surface area (Å²) in [6, 6.07) is 0. The predicted octanol–water partition coefficient (Wildman–Crippen LogP) is 3.23. The van der Waals surface area contributed by atoms with E-state index in [1.54, 1.807) is 27.8 Å². The molecule has 0 unspecified atom stereocenters. The molecular weight excluding hydrogens is 432 g/mol. The number of carbonyl (C=O) groups excluding carboxylic acids is 1. The molecule has 1 saturated carbocycles. The fourth-order valence-corrected chi connectivity index (χ4v) is 4.52.